The minimum Gasteiger partial charge on any atom is -0.392 e. The van der Waals surface area contributed by atoms with E-state index in [0.717, 1.165) is 6.54 Å². The maximum absolute atomic E-state index is 5.46. The molecular formula is C8H18N2S. The molecule has 0 aromatic heterocycles. The first-order valence-corrected chi connectivity index (χ1v) is 4.40. The number of hydrogen-bond acceptors (Lipinski definition) is 2. The summed E-state index contributed by atoms with van der Waals surface area (Å²) in [6, 6.07) is 1.02. The highest BCUT2D eigenvalue weighted by Gasteiger charge is 2.13. The standard InChI is InChI=1S/C8H18N2S/c1-6(2)10(7(3)4)5-8(9)11/h6-7H,5H2,1-4H3,(H2,9,11). The van der Waals surface area contributed by atoms with Crippen molar-refractivity contribution in [1.29, 1.82) is 0 Å². The van der Waals surface area contributed by atoms with Crippen molar-refractivity contribution in [1.82, 2.24) is 4.90 Å². The lowest BCUT2D eigenvalue weighted by Gasteiger charge is -2.29. The highest BCUT2D eigenvalue weighted by Crippen LogP contribution is 2.03. The Morgan fingerprint density at radius 1 is 1.27 bits per heavy atom. The molecule has 0 radical (unpaired) electrons. The minimum absolute atomic E-state index is 0.511. The monoisotopic (exact) mass is 174 g/mol. The average molecular weight is 174 g/mol. The maximum Gasteiger partial charge on any atom is 0.0870 e. The van der Waals surface area contributed by atoms with Crippen LogP contribution in [0.1, 0.15) is 27.7 Å². The van der Waals surface area contributed by atoms with Gasteiger partial charge in [-0.15, -0.1) is 0 Å². The van der Waals surface area contributed by atoms with Crippen LogP contribution in [0.15, 0.2) is 0 Å². The van der Waals surface area contributed by atoms with Crippen molar-refractivity contribution < 1.29 is 0 Å². The second-order valence-electron chi connectivity index (χ2n) is 3.33. The molecule has 0 spiro atoms. The Bertz CT molecular complexity index is 124. The van der Waals surface area contributed by atoms with Gasteiger partial charge in [0.1, 0.15) is 0 Å². The van der Waals surface area contributed by atoms with E-state index in [9.17, 15) is 0 Å². The summed E-state index contributed by atoms with van der Waals surface area (Å²) < 4.78 is 0. The van der Waals surface area contributed by atoms with Gasteiger partial charge in [0.05, 0.1) is 4.99 Å². The van der Waals surface area contributed by atoms with Crippen LogP contribution in [0.2, 0.25) is 0 Å². The fraction of sp³-hybridized carbons (Fsp3) is 0.875. The van der Waals surface area contributed by atoms with Crippen LogP contribution in [0.5, 0.6) is 0 Å². The zero-order valence-electron chi connectivity index (χ0n) is 7.79. The smallest absolute Gasteiger partial charge is 0.0870 e. The Labute approximate surface area is 74.8 Å². The van der Waals surface area contributed by atoms with Crippen LogP contribution in [0.25, 0.3) is 0 Å². The molecule has 0 fully saturated rings. The fourth-order valence-electron chi connectivity index (χ4n) is 1.14. The molecule has 11 heavy (non-hydrogen) atoms. The summed E-state index contributed by atoms with van der Waals surface area (Å²) in [6.45, 7) is 9.33. The molecule has 0 aromatic rings. The van der Waals surface area contributed by atoms with Gasteiger partial charge in [0.2, 0.25) is 0 Å². The third-order valence-corrected chi connectivity index (χ3v) is 1.79. The molecule has 2 nitrogen and oxygen atoms in total. The summed E-state index contributed by atoms with van der Waals surface area (Å²) in [5.41, 5.74) is 5.46. The summed E-state index contributed by atoms with van der Waals surface area (Å²) in [5.74, 6) is 0. The van der Waals surface area contributed by atoms with E-state index in [1.165, 1.54) is 0 Å². The third-order valence-electron chi connectivity index (χ3n) is 1.66. The minimum atomic E-state index is 0.511. The van der Waals surface area contributed by atoms with Crippen molar-refractivity contribution in [2.75, 3.05) is 6.54 Å². The molecule has 0 heterocycles. The maximum atomic E-state index is 5.46. The highest BCUT2D eigenvalue weighted by atomic mass is 32.1. The first kappa shape index (κ1) is 10.8. The van der Waals surface area contributed by atoms with Crippen molar-refractivity contribution in [3.8, 4) is 0 Å². The van der Waals surface area contributed by atoms with E-state index in [1.54, 1.807) is 0 Å². The van der Waals surface area contributed by atoms with Crippen LogP contribution in [0.3, 0.4) is 0 Å². The van der Waals surface area contributed by atoms with Crippen LogP contribution in [-0.2, 0) is 0 Å². The molecule has 0 saturated heterocycles. The molecule has 0 aromatic carbocycles. The van der Waals surface area contributed by atoms with Gasteiger partial charge in [-0.1, -0.05) is 12.2 Å². The zero-order valence-corrected chi connectivity index (χ0v) is 8.61. The van der Waals surface area contributed by atoms with Gasteiger partial charge in [-0.25, -0.2) is 0 Å². The Hall–Kier alpha value is -0.150. The molecule has 0 aliphatic carbocycles. The van der Waals surface area contributed by atoms with Gasteiger partial charge >= 0.3 is 0 Å². The Morgan fingerprint density at radius 3 is 1.73 bits per heavy atom. The van der Waals surface area contributed by atoms with Crippen LogP contribution < -0.4 is 5.73 Å². The molecule has 0 rings (SSSR count). The first-order valence-electron chi connectivity index (χ1n) is 3.99. The van der Waals surface area contributed by atoms with Gasteiger partial charge in [0, 0.05) is 18.6 Å². The van der Waals surface area contributed by atoms with E-state index in [4.69, 9.17) is 18.0 Å². The second kappa shape index (κ2) is 4.67. The SMILES string of the molecule is CC(C)N(CC(N)=S)C(C)C. The molecule has 0 saturated carbocycles. The van der Waals surface area contributed by atoms with Gasteiger partial charge in [0.15, 0.2) is 0 Å². The topological polar surface area (TPSA) is 29.3 Å². The van der Waals surface area contributed by atoms with Gasteiger partial charge < -0.3 is 5.73 Å². The summed E-state index contributed by atoms with van der Waals surface area (Å²) >= 11 is 4.85. The summed E-state index contributed by atoms with van der Waals surface area (Å²) in [7, 11) is 0. The fourth-order valence-corrected chi connectivity index (χ4v) is 1.29. The van der Waals surface area contributed by atoms with Crippen LogP contribution in [0.4, 0.5) is 0 Å². The first-order chi connectivity index (χ1) is 4.95. The molecule has 3 heteroatoms. The number of rotatable bonds is 4. The second-order valence-corrected chi connectivity index (χ2v) is 3.85. The van der Waals surface area contributed by atoms with Crippen molar-refractivity contribution in [3.63, 3.8) is 0 Å². The predicted octanol–water partition coefficient (Wildman–Crippen LogP) is 1.39. The Morgan fingerprint density at radius 2 is 1.64 bits per heavy atom. The Kier molecular flexibility index (Phi) is 4.61. The molecule has 0 amide bonds. The summed E-state index contributed by atoms with van der Waals surface area (Å²) in [4.78, 5) is 2.84. The van der Waals surface area contributed by atoms with E-state index < -0.39 is 0 Å². The van der Waals surface area contributed by atoms with Gasteiger partial charge in [-0.2, -0.15) is 0 Å². The van der Waals surface area contributed by atoms with E-state index in [0.29, 0.717) is 17.1 Å². The van der Waals surface area contributed by atoms with E-state index in [1.807, 2.05) is 0 Å². The third kappa shape index (κ3) is 4.32. The van der Waals surface area contributed by atoms with Crippen molar-refractivity contribution in [3.05, 3.63) is 0 Å². The molecule has 0 atom stereocenters. The lowest BCUT2D eigenvalue weighted by atomic mass is 10.2. The number of thiocarbonyl (C=S) groups is 1. The van der Waals surface area contributed by atoms with Crippen LogP contribution in [0, 0.1) is 0 Å². The van der Waals surface area contributed by atoms with Gasteiger partial charge in [0.25, 0.3) is 0 Å². The number of hydrogen-bond donors (Lipinski definition) is 1. The number of nitrogens with zero attached hydrogens (tertiary/aromatic N) is 1. The predicted molar refractivity (Wildman–Crippen MR) is 53.8 cm³/mol. The molecule has 2 N–H and O–H groups in total. The Balaban J connectivity index is 4.00. The lowest BCUT2D eigenvalue weighted by molar-refractivity contribution is 0.203. The van der Waals surface area contributed by atoms with Crippen molar-refractivity contribution in [2.45, 2.75) is 39.8 Å². The van der Waals surface area contributed by atoms with Crippen LogP contribution >= 0.6 is 12.2 Å². The quantitative estimate of drug-likeness (QED) is 0.653. The largest absolute Gasteiger partial charge is 0.392 e. The van der Waals surface area contributed by atoms with E-state index >= 15 is 0 Å². The number of nitrogens with two attached hydrogens (primary N) is 1. The van der Waals surface area contributed by atoms with Gasteiger partial charge in [-0.05, 0) is 27.7 Å². The van der Waals surface area contributed by atoms with Gasteiger partial charge in [-0.3, -0.25) is 4.90 Å². The molecule has 0 aliphatic rings. The van der Waals surface area contributed by atoms with Crippen molar-refractivity contribution >= 4 is 17.2 Å². The summed E-state index contributed by atoms with van der Waals surface area (Å²) in [5, 5.41) is 0. The highest BCUT2D eigenvalue weighted by molar-refractivity contribution is 7.80. The molecule has 0 unspecified atom stereocenters. The van der Waals surface area contributed by atoms with E-state index in [2.05, 4.69) is 32.6 Å². The van der Waals surface area contributed by atoms with Crippen LogP contribution in [-0.4, -0.2) is 28.5 Å². The molecule has 0 bridgehead atoms. The molecule has 0 aliphatic heterocycles. The van der Waals surface area contributed by atoms with Crippen molar-refractivity contribution in [2.24, 2.45) is 5.73 Å². The average Bonchev–Trinajstić information content (AvgIpc) is 1.81. The molecular weight excluding hydrogens is 156 g/mol. The lowest BCUT2D eigenvalue weighted by Crippen LogP contribution is -2.42. The normalized spacial score (nSPS) is 11.5. The zero-order chi connectivity index (χ0) is 9.02. The molecule has 66 valence electrons. The van der Waals surface area contributed by atoms with E-state index in [-0.39, 0.29) is 0 Å². The summed E-state index contributed by atoms with van der Waals surface area (Å²) in [6.07, 6.45) is 0.